The molecule has 1 fully saturated rings. The minimum Gasteiger partial charge on any atom is -0.497 e. The second-order valence-corrected chi connectivity index (χ2v) is 5.33. The molecule has 0 atom stereocenters. The molecule has 5 heteroatoms. The Morgan fingerprint density at radius 2 is 2.00 bits per heavy atom. The maximum Gasteiger partial charge on any atom is 0.335 e. The van der Waals surface area contributed by atoms with Crippen molar-refractivity contribution in [3.05, 3.63) is 35.9 Å². The fourth-order valence-corrected chi connectivity index (χ4v) is 2.47. The summed E-state index contributed by atoms with van der Waals surface area (Å²) in [6, 6.07) is 7.31. The van der Waals surface area contributed by atoms with Gasteiger partial charge in [0.1, 0.15) is 5.75 Å². The Bertz CT molecular complexity index is 547. The van der Waals surface area contributed by atoms with Crippen LogP contribution < -0.4 is 10.2 Å². The highest BCUT2D eigenvalue weighted by Gasteiger charge is 2.23. The number of amides is 1. The van der Waals surface area contributed by atoms with Gasteiger partial charge in [-0.2, -0.15) is 5.48 Å². The Kier molecular flexibility index (Phi) is 6.01. The van der Waals surface area contributed by atoms with Crippen LogP contribution in [0, 0.1) is 5.92 Å². The topological polar surface area (TPSA) is 64.6 Å². The van der Waals surface area contributed by atoms with Crippen LogP contribution in [0.3, 0.4) is 0 Å². The highest BCUT2D eigenvalue weighted by Crippen LogP contribution is 2.24. The average Bonchev–Trinajstić information content (AvgIpc) is 2.58. The zero-order chi connectivity index (χ0) is 15.8. The van der Waals surface area contributed by atoms with Crippen LogP contribution in [0.4, 0.5) is 0 Å². The summed E-state index contributed by atoms with van der Waals surface area (Å²) in [6.45, 7) is 0. The van der Waals surface area contributed by atoms with Crippen molar-refractivity contribution >= 4 is 18.0 Å². The van der Waals surface area contributed by atoms with E-state index in [1.807, 2.05) is 18.2 Å². The van der Waals surface area contributed by atoms with Gasteiger partial charge in [0.25, 0.3) is 5.91 Å². The molecule has 1 aliphatic rings. The van der Waals surface area contributed by atoms with Crippen LogP contribution in [0.5, 0.6) is 5.75 Å². The first-order valence-corrected chi connectivity index (χ1v) is 7.52. The van der Waals surface area contributed by atoms with Gasteiger partial charge in [-0.05, 0) is 36.6 Å². The minimum atomic E-state index is -0.466. The molecule has 1 saturated carbocycles. The van der Waals surface area contributed by atoms with Crippen LogP contribution in [0.2, 0.25) is 0 Å². The van der Waals surface area contributed by atoms with Crippen molar-refractivity contribution in [2.45, 2.75) is 32.1 Å². The highest BCUT2D eigenvalue weighted by atomic mass is 16.7. The number of ether oxygens (including phenoxy) is 1. The number of carbonyl (C=O) groups excluding carboxylic acids is 2. The van der Waals surface area contributed by atoms with Gasteiger partial charge in [-0.1, -0.05) is 31.4 Å². The standard InChI is InChI=1S/C17H21NO4/c1-21-15-9-5-6-13(12-15)10-11-16(19)18-22-17(20)14-7-3-2-4-8-14/h5-6,9-12,14H,2-4,7-8H2,1H3,(H,18,19). The normalized spacial score (nSPS) is 15.5. The molecule has 1 N–H and O–H groups in total. The molecule has 0 spiro atoms. The SMILES string of the molecule is COc1cccc(C=CC(=O)NOC(=O)C2CCCCC2)c1. The quantitative estimate of drug-likeness (QED) is 0.686. The highest BCUT2D eigenvalue weighted by molar-refractivity contribution is 5.91. The first kappa shape index (κ1) is 16.1. The molecule has 1 amide bonds. The smallest absolute Gasteiger partial charge is 0.335 e. The van der Waals surface area contributed by atoms with E-state index in [4.69, 9.17) is 9.57 Å². The van der Waals surface area contributed by atoms with Gasteiger partial charge in [0, 0.05) is 6.08 Å². The van der Waals surface area contributed by atoms with Gasteiger partial charge in [0.15, 0.2) is 0 Å². The molecule has 1 aliphatic carbocycles. The molecule has 118 valence electrons. The van der Waals surface area contributed by atoms with Crippen LogP contribution in [-0.2, 0) is 14.4 Å². The number of hydroxylamine groups is 1. The summed E-state index contributed by atoms with van der Waals surface area (Å²) < 4.78 is 5.10. The van der Waals surface area contributed by atoms with E-state index in [1.165, 1.54) is 12.5 Å². The summed E-state index contributed by atoms with van der Waals surface area (Å²) in [5.41, 5.74) is 3.00. The Hall–Kier alpha value is -2.30. The van der Waals surface area contributed by atoms with Crippen molar-refractivity contribution in [1.29, 1.82) is 0 Å². The number of rotatable bonds is 4. The van der Waals surface area contributed by atoms with E-state index in [-0.39, 0.29) is 11.9 Å². The Labute approximate surface area is 130 Å². The fraction of sp³-hybridized carbons (Fsp3) is 0.412. The molecule has 0 radical (unpaired) electrons. The molecule has 0 aliphatic heterocycles. The number of hydrogen-bond acceptors (Lipinski definition) is 4. The molecule has 1 aromatic carbocycles. The van der Waals surface area contributed by atoms with Crippen LogP contribution in [0.25, 0.3) is 6.08 Å². The largest absolute Gasteiger partial charge is 0.497 e. The summed E-state index contributed by atoms with van der Waals surface area (Å²) in [7, 11) is 1.58. The zero-order valence-corrected chi connectivity index (χ0v) is 12.7. The maximum absolute atomic E-state index is 11.8. The summed E-state index contributed by atoms with van der Waals surface area (Å²) in [5, 5.41) is 0. The second-order valence-electron chi connectivity index (χ2n) is 5.33. The van der Waals surface area contributed by atoms with E-state index >= 15 is 0 Å². The molecule has 0 saturated heterocycles. The zero-order valence-electron chi connectivity index (χ0n) is 12.7. The molecule has 0 unspecified atom stereocenters. The molecular formula is C17H21NO4. The number of nitrogens with one attached hydrogen (secondary N) is 1. The number of hydrogen-bond donors (Lipinski definition) is 1. The summed E-state index contributed by atoms with van der Waals surface area (Å²) >= 11 is 0. The van der Waals surface area contributed by atoms with Crippen molar-refractivity contribution in [3.63, 3.8) is 0 Å². The first-order chi connectivity index (χ1) is 10.7. The lowest BCUT2D eigenvalue weighted by Gasteiger charge is -2.19. The van der Waals surface area contributed by atoms with Crippen molar-refractivity contribution < 1.29 is 19.2 Å². The first-order valence-electron chi connectivity index (χ1n) is 7.52. The Balaban J connectivity index is 1.79. The maximum atomic E-state index is 11.8. The van der Waals surface area contributed by atoms with E-state index in [0.29, 0.717) is 5.75 Å². The van der Waals surface area contributed by atoms with Crippen molar-refractivity contribution in [2.75, 3.05) is 7.11 Å². The summed E-state index contributed by atoms with van der Waals surface area (Å²) in [4.78, 5) is 28.3. The van der Waals surface area contributed by atoms with Crippen LogP contribution in [0.1, 0.15) is 37.7 Å². The average molecular weight is 303 g/mol. The lowest BCUT2D eigenvalue weighted by atomic mass is 9.89. The van der Waals surface area contributed by atoms with Crippen molar-refractivity contribution in [2.24, 2.45) is 5.92 Å². The number of carbonyl (C=O) groups is 2. The van der Waals surface area contributed by atoms with Gasteiger partial charge in [0.2, 0.25) is 0 Å². The van der Waals surface area contributed by atoms with Crippen LogP contribution in [0.15, 0.2) is 30.3 Å². The predicted octanol–water partition coefficient (Wildman–Crippen LogP) is 2.86. The fourth-order valence-electron chi connectivity index (χ4n) is 2.47. The van der Waals surface area contributed by atoms with Crippen molar-refractivity contribution in [3.8, 4) is 5.75 Å². The lowest BCUT2D eigenvalue weighted by Crippen LogP contribution is -2.30. The molecule has 5 nitrogen and oxygen atoms in total. The van der Waals surface area contributed by atoms with Gasteiger partial charge < -0.3 is 9.57 Å². The number of methoxy groups -OCH3 is 1. The molecular weight excluding hydrogens is 282 g/mol. The summed E-state index contributed by atoms with van der Waals surface area (Å²) in [6.07, 6.45) is 7.89. The van der Waals surface area contributed by atoms with Gasteiger partial charge in [-0.25, -0.2) is 4.79 Å². The molecule has 0 aromatic heterocycles. The van der Waals surface area contributed by atoms with Gasteiger partial charge in [0.05, 0.1) is 13.0 Å². The molecule has 0 bridgehead atoms. The van der Waals surface area contributed by atoms with E-state index < -0.39 is 5.91 Å². The van der Waals surface area contributed by atoms with Crippen LogP contribution >= 0.6 is 0 Å². The predicted molar refractivity (Wildman–Crippen MR) is 82.8 cm³/mol. The molecule has 22 heavy (non-hydrogen) atoms. The molecule has 0 heterocycles. The number of benzene rings is 1. The third kappa shape index (κ3) is 4.91. The van der Waals surface area contributed by atoms with Crippen LogP contribution in [-0.4, -0.2) is 19.0 Å². The van der Waals surface area contributed by atoms with E-state index in [1.54, 1.807) is 19.3 Å². The van der Waals surface area contributed by atoms with E-state index in [9.17, 15) is 9.59 Å². The summed E-state index contributed by atoms with van der Waals surface area (Å²) in [5.74, 6) is -0.183. The van der Waals surface area contributed by atoms with Gasteiger partial charge >= 0.3 is 5.97 Å². The lowest BCUT2D eigenvalue weighted by molar-refractivity contribution is -0.161. The van der Waals surface area contributed by atoms with E-state index in [0.717, 1.165) is 31.2 Å². The Morgan fingerprint density at radius 1 is 1.23 bits per heavy atom. The third-order valence-corrected chi connectivity index (χ3v) is 3.71. The van der Waals surface area contributed by atoms with Crippen molar-refractivity contribution in [1.82, 2.24) is 5.48 Å². The third-order valence-electron chi connectivity index (χ3n) is 3.71. The second kappa shape index (κ2) is 8.22. The van der Waals surface area contributed by atoms with E-state index in [2.05, 4.69) is 5.48 Å². The molecule has 2 rings (SSSR count). The Morgan fingerprint density at radius 3 is 2.73 bits per heavy atom. The minimum absolute atomic E-state index is 0.0867. The monoisotopic (exact) mass is 303 g/mol. The van der Waals surface area contributed by atoms with Gasteiger partial charge in [-0.15, -0.1) is 0 Å². The van der Waals surface area contributed by atoms with Gasteiger partial charge in [-0.3, -0.25) is 4.79 Å². The molecule has 1 aromatic rings.